The highest BCUT2D eigenvalue weighted by Crippen LogP contribution is 2.65. The fraction of sp³-hybridized carbons (Fsp3) is 0.464. The van der Waals surface area contributed by atoms with Crippen LogP contribution in [-0.4, -0.2) is 33.9 Å². The highest BCUT2D eigenvalue weighted by molar-refractivity contribution is 7.00. The summed E-state index contributed by atoms with van der Waals surface area (Å²) >= 11 is 0. The number of anilines is 7. The summed E-state index contributed by atoms with van der Waals surface area (Å²) in [6, 6.07) is 37.5. The average Bonchev–Trinajstić information content (AvgIpc) is 3.56. The van der Waals surface area contributed by atoms with Crippen LogP contribution in [0.5, 0.6) is 0 Å². The topological polar surface area (TPSA) is 9.72 Å². The van der Waals surface area contributed by atoms with E-state index in [1.807, 2.05) is 0 Å². The number of para-hydroxylation sites is 1. The minimum atomic E-state index is -1.62. The zero-order chi connectivity index (χ0) is 43.7. The Balaban J connectivity index is 1.28. The molecule has 0 amide bonds. The van der Waals surface area contributed by atoms with Gasteiger partial charge in [0.15, 0.2) is 0 Å². The fourth-order valence-electron chi connectivity index (χ4n) is 13.8. The molecule has 4 aliphatic heterocycles. The van der Waals surface area contributed by atoms with Gasteiger partial charge in [-0.2, -0.15) is 0 Å². The minimum Gasteiger partial charge on any atom is -0.335 e. The smallest absolute Gasteiger partial charge is 0.252 e. The summed E-state index contributed by atoms with van der Waals surface area (Å²) in [4.78, 5) is 8.57. The van der Waals surface area contributed by atoms with Crippen LogP contribution in [0.15, 0.2) is 91.0 Å². The Hall–Kier alpha value is -4.00. The van der Waals surface area contributed by atoms with E-state index in [4.69, 9.17) is 0 Å². The van der Waals surface area contributed by atoms with Gasteiger partial charge in [-0.05, 0) is 114 Å². The van der Waals surface area contributed by atoms with Gasteiger partial charge in [0.1, 0.15) is 0 Å². The van der Waals surface area contributed by atoms with Gasteiger partial charge in [-0.15, -0.1) is 0 Å². The summed E-state index contributed by atoms with van der Waals surface area (Å²) < 4.78 is 0. The molecule has 320 valence electrons. The average molecular weight is 852 g/mol. The molecule has 3 nitrogen and oxygen atoms in total. The molecule has 62 heavy (non-hydrogen) atoms. The molecular weight excluding hydrogens is 782 g/mol. The lowest BCUT2D eigenvalue weighted by molar-refractivity contribution is 0.194. The van der Waals surface area contributed by atoms with Gasteiger partial charge in [-0.25, -0.2) is 0 Å². The van der Waals surface area contributed by atoms with Crippen molar-refractivity contribution >= 4 is 89.4 Å². The van der Waals surface area contributed by atoms with Gasteiger partial charge in [0.2, 0.25) is 0 Å². The van der Waals surface area contributed by atoms with E-state index in [1.54, 1.807) is 22.1 Å². The molecule has 0 radical (unpaired) electrons. The van der Waals surface area contributed by atoms with Crippen molar-refractivity contribution in [3.63, 3.8) is 0 Å². The first kappa shape index (κ1) is 40.8. The van der Waals surface area contributed by atoms with Crippen LogP contribution in [0.3, 0.4) is 0 Å². The quantitative estimate of drug-likeness (QED) is 0.163. The van der Waals surface area contributed by atoms with Gasteiger partial charge in [0.05, 0.1) is 32.9 Å². The Morgan fingerprint density at radius 1 is 0.532 bits per heavy atom. The van der Waals surface area contributed by atoms with Crippen LogP contribution < -0.4 is 41.5 Å². The lowest BCUT2D eigenvalue weighted by Crippen LogP contribution is -2.66. The summed E-state index contributed by atoms with van der Waals surface area (Å²) in [5, 5.41) is 3.00. The number of nitrogens with zero attached hydrogens (tertiary/aromatic N) is 3. The standard InChI is InChI=1S/C56H70BN3Si2/c1-52(2,3)37-31-44-51-46(32-37)57-45-26-20-25-43-50(45)59(55(6)29-16-14-27-53(43,55)4)47-35-40(36-48(49(47)57)60(51)56(7)30-17-15-28-54(44,56)5)58(38-21-18-23-41(33-38)61(8,9)10)39-22-19-24-42(34-39)62(11,12)13/h18-26,31-36H,14-17,27-30H2,1-13H3. The molecular formula is C56H70BN3Si2. The molecule has 2 fully saturated rings. The predicted octanol–water partition coefficient (Wildman–Crippen LogP) is 12.2. The Labute approximate surface area is 376 Å². The molecule has 2 saturated carbocycles. The van der Waals surface area contributed by atoms with Gasteiger partial charge in [-0.1, -0.05) is 165 Å². The van der Waals surface area contributed by atoms with E-state index in [2.05, 4.69) is 193 Å². The Kier molecular flexibility index (Phi) is 8.44. The first-order valence-corrected chi connectivity index (χ1v) is 31.2. The van der Waals surface area contributed by atoms with Gasteiger partial charge in [-0.3, -0.25) is 0 Å². The van der Waals surface area contributed by atoms with Crippen LogP contribution in [0.25, 0.3) is 0 Å². The summed E-state index contributed by atoms with van der Waals surface area (Å²) in [5.41, 5.74) is 19.1. The van der Waals surface area contributed by atoms with Crippen molar-refractivity contribution in [2.75, 3.05) is 14.7 Å². The zero-order valence-electron chi connectivity index (χ0n) is 40.2. The highest BCUT2D eigenvalue weighted by Gasteiger charge is 2.65. The lowest BCUT2D eigenvalue weighted by Gasteiger charge is -2.55. The van der Waals surface area contributed by atoms with Gasteiger partial charge in [0, 0.05) is 45.0 Å². The van der Waals surface area contributed by atoms with Crippen molar-refractivity contribution in [3.05, 3.63) is 108 Å². The second-order valence-corrected chi connectivity index (χ2v) is 34.7. The van der Waals surface area contributed by atoms with Crippen LogP contribution in [-0.2, 0) is 16.2 Å². The lowest BCUT2D eigenvalue weighted by atomic mass is 9.33. The van der Waals surface area contributed by atoms with Gasteiger partial charge in [0.25, 0.3) is 6.71 Å². The van der Waals surface area contributed by atoms with Crippen molar-refractivity contribution in [1.29, 1.82) is 0 Å². The molecule has 0 spiro atoms. The van der Waals surface area contributed by atoms with Gasteiger partial charge < -0.3 is 14.7 Å². The molecule has 5 aromatic carbocycles. The second-order valence-electron chi connectivity index (χ2n) is 24.5. The van der Waals surface area contributed by atoms with Gasteiger partial charge >= 0.3 is 0 Å². The third-order valence-electron chi connectivity index (χ3n) is 18.0. The first-order chi connectivity index (χ1) is 29.1. The maximum Gasteiger partial charge on any atom is 0.252 e. The minimum absolute atomic E-state index is 0.0334. The molecule has 5 aromatic rings. The molecule has 0 aromatic heterocycles. The third-order valence-corrected chi connectivity index (χ3v) is 22.1. The maximum atomic E-state index is 2.96. The van der Waals surface area contributed by atoms with Crippen LogP contribution in [0, 0.1) is 0 Å². The molecule has 4 unspecified atom stereocenters. The molecule has 11 rings (SSSR count). The Bertz CT molecular complexity index is 2640. The second kappa shape index (κ2) is 12.8. The molecule has 2 aliphatic carbocycles. The van der Waals surface area contributed by atoms with Crippen LogP contribution in [0.4, 0.5) is 39.8 Å². The van der Waals surface area contributed by atoms with E-state index in [0.29, 0.717) is 0 Å². The molecule has 6 heteroatoms. The maximum absolute atomic E-state index is 2.96. The SMILES string of the molecule is CC(C)(C)c1cc2c3c(c1)C1(C)CCCCC1(C)N3c1cc(N(c3cccc([Si](C)(C)C)c3)c3cccc([Si](C)(C)C)c3)cc3c1B2c1cccc2c1N3C1(C)CCCCC21C. The normalized spacial score (nSPS) is 26.8. The van der Waals surface area contributed by atoms with Crippen LogP contribution in [0.2, 0.25) is 39.3 Å². The number of rotatable bonds is 5. The Morgan fingerprint density at radius 2 is 1.02 bits per heavy atom. The third kappa shape index (κ3) is 5.23. The van der Waals surface area contributed by atoms with E-state index in [0.717, 1.165) is 0 Å². The molecule has 0 bridgehead atoms. The van der Waals surface area contributed by atoms with Crippen molar-refractivity contribution in [2.24, 2.45) is 0 Å². The largest absolute Gasteiger partial charge is 0.335 e. The summed E-state index contributed by atoms with van der Waals surface area (Å²) in [5.74, 6) is 0. The fourth-order valence-corrected chi connectivity index (χ4v) is 16.2. The van der Waals surface area contributed by atoms with E-state index in [9.17, 15) is 0 Å². The molecule has 0 saturated heterocycles. The number of hydrogen-bond acceptors (Lipinski definition) is 3. The monoisotopic (exact) mass is 852 g/mol. The highest BCUT2D eigenvalue weighted by atomic mass is 28.3. The van der Waals surface area contributed by atoms with Crippen molar-refractivity contribution < 1.29 is 0 Å². The molecule has 0 N–H and O–H groups in total. The number of fused-ring (bicyclic) bond motifs is 10. The first-order valence-electron chi connectivity index (χ1n) is 24.2. The number of benzene rings is 5. The van der Waals surface area contributed by atoms with Crippen molar-refractivity contribution in [3.8, 4) is 0 Å². The van der Waals surface area contributed by atoms with Crippen molar-refractivity contribution in [2.45, 2.75) is 166 Å². The zero-order valence-corrected chi connectivity index (χ0v) is 42.2. The molecule has 6 aliphatic rings. The molecule has 4 atom stereocenters. The van der Waals surface area contributed by atoms with E-state index < -0.39 is 16.1 Å². The molecule has 4 heterocycles. The predicted molar refractivity (Wildman–Crippen MR) is 276 cm³/mol. The summed E-state index contributed by atoms with van der Waals surface area (Å²) in [7, 11) is -3.25. The van der Waals surface area contributed by atoms with Crippen molar-refractivity contribution in [1.82, 2.24) is 0 Å². The van der Waals surface area contributed by atoms with Crippen LogP contribution >= 0.6 is 0 Å². The number of hydrogen-bond donors (Lipinski definition) is 0. The summed E-state index contributed by atoms with van der Waals surface area (Å²) in [6.45, 7) is 33.0. The van der Waals surface area contributed by atoms with E-state index in [1.165, 1.54) is 113 Å². The van der Waals surface area contributed by atoms with Crippen LogP contribution in [0.1, 0.15) is 117 Å². The van der Waals surface area contributed by atoms with E-state index >= 15 is 0 Å². The summed E-state index contributed by atoms with van der Waals surface area (Å²) in [6.07, 6.45) is 10.0. The van der Waals surface area contributed by atoms with E-state index in [-0.39, 0.29) is 34.0 Å². The Morgan fingerprint density at radius 3 is 1.53 bits per heavy atom.